The summed E-state index contributed by atoms with van der Waals surface area (Å²) in [4.78, 5) is 13.8. The van der Waals surface area contributed by atoms with Gasteiger partial charge in [0, 0.05) is 62.1 Å². The summed E-state index contributed by atoms with van der Waals surface area (Å²) in [6.45, 7) is 4.47. The first-order valence-corrected chi connectivity index (χ1v) is 12.1. The second-order valence-electron chi connectivity index (χ2n) is 10.7. The first kappa shape index (κ1) is 21.4. The number of likely N-dealkylation sites (N-methyl/N-ethyl adjacent to an activating group) is 1. The molecule has 1 saturated heterocycles. The predicted octanol–water partition coefficient (Wildman–Crippen LogP) is 3.62. The van der Waals surface area contributed by atoms with Crippen LogP contribution in [-0.2, 0) is 18.1 Å². The Morgan fingerprint density at radius 2 is 1.85 bits per heavy atom. The number of nitrogens with zero attached hydrogens (tertiary/aromatic N) is 5. The molecule has 7 rings (SSSR count). The van der Waals surface area contributed by atoms with E-state index in [-0.39, 0.29) is 5.54 Å². The minimum atomic E-state index is -4.53. The minimum Gasteiger partial charge on any atom is -0.383 e. The Labute approximate surface area is 192 Å². The third-order valence-electron chi connectivity index (χ3n) is 8.40. The highest BCUT2D eigenvalue weighted by molar-refractivity contribution is 5.62. The van der Waals surface area contributed by atoms with Gasteiger partial charge >= 0.3 is 6.18 Å². The minimum absolute atomic E-state index is 0.0578. The molecule has 9 heteroatoms. The molecule has 2 aromatic rings. The molecule has 5 aliphatic rings. The van der Waals surface area contributed by atoms with Crippen molar-refractivity contribution < 1.29 is 13.2 Å². The topological polar surface area (TPSA) is 63.2 Å². The van der Waals surface area contributed by atoms with E-state index in [0.717, 1.165) is 63.8 Å². The molecule has 178 valence electrons. The SMILES string of the molecule is CN1CCN([C@@H]2CC3(n4cc(-c5cnc(N)c(C(F)(F)F)c5)nc4CC4CC4)CC2C3)CC1. The van der Waals surface area contributed by atoms with E-state index in [1.165, 1.54) is 19.0 Å². The number of imidazole rings is 1. The molecule has 4 aliphatic carbocycles. The maximum atomic E-state index is 13.4. The summed E-state index contributed by atoms with van der Waals surface area (Å²) in [5.41, 5.74) is 5.64. The summed E-state index contributed by atoms with van der Waals surface area (Å²) in [5.74, 6) is 1.89. The third-order valence-corrected chi connectivity index (χ3v) is 8.40. The van der Waals surface area contributed by atoms with E-state index in [0.29, 0.717) is 29.1 Å². The lowest BCUT2D eigenvalue weighted by molar-refractivity contribution is -0.137. The number of fused-ring (bicyclic) bond motifs is 1. The molecule has 5 fully saturated rings. The van der Waals surface area contributed by atoms with Crippen molar-refractivity contribution in [3.63, 3.8) is 0 Å². The van der Waals surface area contributed by atoms with Crippen LogP contribution < -0.4 is 5.73 Å². The highest BCUT2D eigenvalue weighted by Gasteiger charge is 2.59. The van der Waals surface area contributed by atoms with Gasteiger partial charge in [-0.3, -0.25) is 4.90 Å². The maximum absolute atomic E-state index is 13.4. The van der Waals surface area contributed by atoms with Gasteiger partial charge in [-0.2, -0.15) is 13.2 Å². The summed E-state index contributed by atoms with van der Waals surface area (Å²) < 4.78 is 42.6. The lowest BCUT2D eigenvalue weighted by Crippen LogP contribution is -2.49. The van der Waals surface area contributed by atoms with Gasteiger partial charge in [0.2, 0.25) is 0 Å². The van der Waals surface area contributed by atoms with Crippen LogP contribution in [0.3, 0.4) is 0 Å². The third kappa shape index (κ3) is 3.73. The first-order valence-electron chi connectivity index (χ1n) is 12.1. The van der Waals surface area contributed by atoms with Crippen molar-refractivity contribution in [3.8, 4) is 11.3 Å². The quantitative estimate of drug-likeness (QED) is 0.739. The van der Waals surface area contributed by atoms with Gasteiger partial charge in [0.05, 0.1) is 11.3 Å². The van der Waals surface area contributed by atoms with Crippen LogP contribution in [0.2, 0.25) is 0 Å². The van der Waals surface area contributed by atoms with Crippen LogP contribution in [0, 0.1) is 11.8 Å². The van der Waals surface area contributed by atoms with E-state index in [1.807, 2.05) is 6.20 Å². The number of rotatable bonds is 5. The van der Waals surface area contributed by atoms with Crippen molar-refractivity contribution >= 4 is 5.82 Å². The number of nitrogens with two attached hydrogens (primary N) is 1. The molecule has 0 amide bonds. The Morgan fingerprint density at radius 3 is 2.52 bits per heavy atom. The summed E-state index contributed by atoms with van der Waals surface area (Å²) in [5, 5.41) is 0. The highest BCUT2D eigenvalue weighted by atomic mass is 19.4. The summed E-state index contributed by atoms with van der Waals surface area (Å²) >= 11 is 0. The van der Waals surface area contributed by atoms with Gasteiger partial charge < -0.3 is 15.2 Å². The lowest BCUT2D eigenvalue weighted by Gasteiger charge is -2.42. The van der Waals surface area contributed by atoms with Crippen LogP contribution in [-0.4, -0.2) is 63.6 Å². The Balaban J connectivity index is 1.31. The monoisotopic (exact) mass is 460 g/mol. The van der Waals surface area contributed by atoms with Gasteiger partial charge in [-0.1, -0.05) is 0 Å². The van der Waals surface area contributed by atoms with Crippen molar-refractivity contribution in [3.05, 3.63) is 29.8 Å². The van der Waals surface area contributed by atoms with Gasteiger partial charge in [0.15, 0.2) is 0 Å². The molecule has 0 aromatic carbocycles. The van der Waals surface area contributed by atoms with Crippen molar-refractivity contribution in [2.75, 3.05) is 39.0 Å². The van der Waals surface area contributed by atoms with Crippen molar-refractivity contribution in [1.82, 2.24) is 24.3 Å². The number of nitrogen functional groups attached to an aromatic ring is 1. The van der Waals surface area contributed by atoms with E-state index < -0.39 is 17.6 Å². The molecule has 0 spiro atoms. The fourth-order valence-electron chi connectivity index (χ4n) is 6.32. The molecule has 1 atom stereocenters. The number of alkyl halides is 3. The fraction of sp³-hybridized carbons (Fsp3) is 0.667. The summed E-state index contributed by atoms with van der Waals surface area (Å²) in [7, 11) is 2.18. The van der Waals surface area contributed by atoms with E-state index in [2.05, 4.69) is 26.4 Å². The van der Waals surface area contributed by atoms with Gasteiger partial charge in [-0.25, -0.2) is 9.97 Å². The number of halogens is 3. The number of aromatic nitrogens is 3. The summed E-state index contributed by atoms with van der Waals surface area (Å²) in [6, 6.07) is 1.70. The molecule has 1 aliphatic heterocycles. The standard InChI is InChI=1S/C24H31F3N6/c1-31-4-6-32(7-5-31)20-12-23(10-17(20)11-23)33-14-19(30-21(33)8-15-2-3-15)16-9-18(24(25,26)27)22(28)29-13-16/h9,13-15,17,20H,2-8,10-12H2,1H3,(H2,28,29)/t17?,20-,23?/m1/s1. The lowest BCUT2D eigenvalue weighted by atomic mass is 9.76. The normalized spacial score (nSPS) is 30.5. The Morgan fingerprint density at radius 1 is 1.12 bits per heavy atom. The number of anilines is 1. The second-order valence-corrected chi connectivity index (χ2v) is 10.7. The number of hydrogen-bond donors (Lipinski definition) is 1. The van der Waals surface area contributed by atoms with E-state index in [9.17, 15) is 13.2 Å². The highest BCUT2D eigenvalue weighted by Crippen LogP contribution is 2.59. The average Bonchev–Trinajstić information content (AvgIpc) is 3.16. The van der Waals surface area contributed by atoms with Crippen molar-refractivity contribution in [1.29, 1.82) is 0 Å². The average molecular weight is 461 g/mol. The number of piperazine rings is 1. The molecular weight excluding hydrogens is 429 g/mol. The van der Waals surface area contributed by atoms with Crippen LogP contribution in [0.15, 0.2) is 18.5 Å². The van der Waals surface area contributed by atoms with Crippen LogP contribution in [0.4, 0.5) is 19.0 Å². The molecule has 6 nitrogen and oxygen atoms in total. The molecular formula is C24H31F3N6. The largest absolute Gasteiger partial charge is 0.419 e. The van der Waals surface area contributed by atoms with Gasteiger partial charge in [0.25, 0.3) is 0 Å². The maximum Gasteiger partial charge on any atom is 0.419 e. The predicted molar refractivity (Wildman–Crippen MR) is 119 cm³/mol. The van der Waals surface area contributed by atoms with Crippen LogP contribution in [0.25, 0.3) is 11.3 Å². The van der Waals surface area contributed by atoms with E-state index in [4.69, 9.17) is 10.7 Å². The Kier molecular flexibility index (Phi) is 4.82. The molecule has 0 unspecified atom stereocenters. The second kappa shape index (κ2) is 7.43. The summed E-state index contributed by atoms with van der Waals surface area (Å²) in [6.07, 6.45) is 5.61. The van der Waals surface area contributed by atoms with E-state index >= 15 is 0 Å². The van der Waals surface area contributed by atoms with Gasteiger partial charge in [0.1, 0.15) is 11.6 Å². The molecule has 0 radical (unpaired) electrons. The molecule has 3 heterocycles. The van der Waals surface area contributed by atoms with Crippen LogP contribution in [0.5, 0.6) is 0 Å². The van der Waals surface area contributed by atoms with Gasteiger partial charge in [-0.05, 0) is 57.1 Å². The molecule has 2 bridgehead atoms. The van der Waals surface area contributed by atoms with Crippen LogP contribution in [0.1, 0.15) is 43.5 Å². The zero-order valence-corrected chi connectivity index (χ0v) is 19.0. The van der Waals surface area contributed by atoms with Crippen LogP contribution >= 0.6 is 0 Å². The smallest absolute Gasteiger partial charge is 0.383 e. The molecule has 33 heavy (non-hydrogen) atoms. The molecule has 2 N–H and O–H groups in total. The van der Waals surface area contributed by atoms with Crippen molar-refractivity contribution in [2.45, 2.75) is 56.3 Å². The molecule has 4 saturated carbocycles. The number of pyridine rings is 1. The first-order chi connectivity index (χ1) is 15.7. The Bertz CT molecular complexity index is 1040. The van der Waals surface area contributed by atoms with E-state index in [1.54, 1.807) is 0 Å². The van der Waals surface area contributed by atoms with Crippen molar-refractivity contribution in [2.24, 2.45) is 11.8 Å². The molecule has 2 aromatic heterocycles. The fourth-order valence-corrected chi connectivity index (χ4v) is 6.32. The Hall–Kier alpha value is -2.13. The number of hydrogen-bond acceptors (Lipinski definition) is 5. The van der Waals surface area contributed by atoms with Gasteiger partial charge in [-0.15, -0.1) is 0 Å². The zero-order chi connectivity index (χ0) is 23.0. The zero-order valence-electron chi connectivity index (χ0n) is 19.0.